The van der Waals surface area contributed by atoms with Gasteiger partial charge in [-0.2, -0.15) is 5.10 Å². The molecule has 0 saturated heterocycles. The quantitative estimate of drug-likeness (QED) is 0.752. The molecule has 2 rings (SSSR count). The molecule has 1 heterocycles. The number of aromatic nitrogens is 2. The lowest BCUT2D eigenvalue weighted by Gasteiger charge is -2.14. The zero-order valence-corrected chi connectivity index (χ0v) is 13.6. The molecule has 0 saturated carbocycles. The lowest BCUT2D eigenvalue weighted by Crippen LogP contribution is -2.43. The van der Waals surface area contributed by atoms with Crippen LogP contribution in [0.15, 0.2) is 55.4 Å². The maximum atomic E-state index is 11.8. The van der Waals surface area contributed by atoms with Gasteiger partial charge in [0.1, 0.15) is 0 Å². The normalized spacial score (nSPS) is 10.4. The van der Waals surface area contributed by atoms with Crippen LogP contribution < -0.4 is 10.6 Å². The Morgan fingerprint density at radius 1 is 1.33 bits per heavy atom. The first kappa shape index (κ1) is 17.4. The van der Waals surface area contributed by atoms with E-state index in [4.69, 9.17) is 0 Å². The molecule has 0 radical (unpaired) electrons. The van der Waals surface area contributed by atoms with Crippen LogP contribution in [0, 0.1) is 0 Å². The van der Waals surface area contributed by atoms with Crippen LogP contribution in [0.2, 0.25) is 0 Å². The highest BCUT2D eigenvalue weighted by Crippen LogP contribution is 2.08. The number of para-hydroxylation sites is 1. The van der Waals surface area contributed by atoms with Gasteiger partial charge in [0.15, 0.2) is 0 Å². The molecule has 1 aromatic carbocycles. The first-order chi connectivity index (χ1) is 11.6. The van der Waals surface area contributed by atoms with Crippen molar-refractivity contribution in [3.8, 4) is 5.69 Å². The van der Waals surface area contributed by atoms with E-state index in [9.17, 15) is 9.59 Å². The van der Waals surface area contributed by atoms with E-state index < -0.39 is 6.03 Å². The minimum atomic E-state index is -0.523. The lowest BCUT2D eigenvalue weighted by atomic mass is 10.3. The Balaban J connectivity index is 1.83. The highest BCUT2D eigenvalue weighted by Gasteiger charge is 2.11. The van der Waals surface area contributed by atoms with E-state index in [1.807, 2.05) is 41.4 Å². The summed E-state index contributed by atoms with van der Waals surface area (Å²) < 4.78 is 1.78. The van der Waals surface area contributed by atoms with Crippen molar-refractivity contribution < 1.29 is 9.59 Å². The average molecular weight is 327 g/mol. The van der Waals surface area contributed by atoms with Crippen molar-refractivity contribution in [1.82, 2.24) is 25.3 Å². The number of carbonyl (C=O) groups is 2. The smallest absolute Gasteiger partial charge is 0.321 e. The van der Waals surface area contributed by atoms with Gasteiger partial charge in [-0.3, -0.25) is 15.0 Å². The van der Waals surface area contributed by atoms with Gasteiger partial charge in [0.2, 0.25) is 5.91 Å². The van der Waals surface area contributed by atoms with Gasteiger partial charge in [0.25, 0.3) is 0 Å². The van der Waals surface area contributed by atoms with E-state index in [1.165, 1.54) is 0 Å². The van der Waals surface area contributed by atoms with Crippen molar-refractivity contribution in [3.05, 3.63) is 60.9 Å². The Kier molecular flexibility index (Phi) is 6.27. The van der Waals surface area contributed by atoms with E-state index in [-0.39, 0.29) is 12.5 Å². The number of urea groups is 1. The maximum absolute atomic E-state index is 11.8. The molecule has 0 unspecified atom stereocenters. The summed E-state index contributed by atoms with van der Waals surface area (Å²) in [6.45, 7) is 4.46. The van der Waals surface area contributed by atoms with Gasteiger partial charge in [-0.25, -0.2) is 9.48 Å². The highest BCUT2D eigenvalue weighted by atomic mass is 16.2. The van der Waals surface area contributed by atoms with Crippen LogP contribution in [-0.4, -0.2) is 46.8 Å². The van der Waals surface area contributed by atoms with E-state index in [2.05, 4.69) is 22.3 Å². The molecular weight excluding hydrogens is 306 g/mol. The third kappa shape index (κ3) is 5.36. The Hall–Kier alpha value is -2.93. The lowest BCUT2D eigenvalue weighted by molar-refractivity contribution is -0.120. The van der Waals surface area contributed by atoms with Crippen molar-refractivity contribution in [3.63, 3.8) is 0 Å². The molecule has 126 valence electrons. The number of nitrogens with zero attached hydrogens (tertiary/aromatic N) is 3. The van der Waals surface area contributed by atoms with Crippen molar-refractivity contribution in [2.24, 2.45) is 0 Å². The number of likely N-dealkylation sites (N-methyl/N-ethyl adjacent to an activating group) is 1. The predicted octanol–water partition coefficient (Wildman–Crippen LogP) is 1.32. The summed E-state index contributed by atoms with van der Waals surface area (Å²) in [5, 5.41) is 9.07. The molecule has 0 aliphatic heterocycles. The molecule has 24 heavy (non-hydrogen) atoms. The molecule has 7 nitrogen and oxygen atoms in total. The fourth-order valence-corrected chi connectivity index (χ4v) is 2.15. The van der Waals surface area contributed by atoms with Crippen LogP contribution in [0.1, 0.15) is 5.56 Å². The van der Waals surface area contributed by atoms with E-state index in [1.54, 1.807) is 24.0 Å². The molecule has 0 aliphatic carbocycles. The monoisotopic (exact) mass is 327 g/mol. The van der Waals surface area contributed by atoms with Gasteiger partial charge in [-0.1, -0.05) is 24.3 Å². The van der Waals surface area contributed by atoms with Crippen molar-refractivity contribution in [2.75, 3.05) is 20.1 Å². The van der Waals surface area contributed by atoms with Crippen LogP contribution >= 0.6 is 0 Å². The fourth-order valence-electron chi connectivity index (χ4n) is 2.15. The van der Waals surface area contributed by atoms with Gasteiger partial charge in [0, 0.05) is 24.8 Å². The predicted molar refractivity (Wildman–Crippen MR) is 91.6 cm³/mol. The number of hydrogen-bond acceptors (Lipinski definition) is 4. The first-order valence-electron chi connectivity index (χ1n) is 7.54. The standard InChI is InChI=1S/C17H21N5O2/c1-3-9-18-17(24)20-16(23)13-21(2)11-14-10-19-22(12-14)15-7-5-4-6-8-15/h3-8,10,12H,1,9,11,13H2,2H3,(H2,18,20,23,24). The number of imide groups is 1. The van der Waals surface area contributed by atoms with E-state index >= 15 is 0 Å². The molecule has 7 heteroatoms. The van der Waals surface area contributed by atoms with Crippen molar-refractivity contribution in [2.45, 2.75) is 6.54 Å². The minimum Gasteiger partial charge on any atom is -0.334 e. The highest BCUT2D eigenvalue weighted by molar-refractivity contribution is 5.95. The Morgan fingerprint density at radius 3 is 2.79 bits per heavy atom. The second kappa shape index (κ2) is 8.64. The zero-order valence-electron chi connectivity index (χ0n) is 13.6. The third-order valence-corrected chi connectivity index (χ3v) is 3.18. The molecule has 0 fully saturated rings. The van der Waals surface area contributed by atoms with Gasteiger partial charge in [0.05, 0.1) is 18.4 Å². The maximum Gasteiger partial charge on any atom is 0.321 e. The van der Waals surface area contributed by atoms with Crippen LogP contribution in [0.25, 0.3) is 5.69 Å². The number of nitrogens with one attached hydrogen (secondary N) is 2. The third-order valence-electron chi connectivity index (χ3n) is 3.18. The van der Waals surface area contributed by atoms with Crippen molar-refractivity contribution >= 4 is 11.9 Å². The average Bonchev–Trinajstić information content (AvgIpc) is 3.01. The topological polar surface area (TPSA) is 79.3 Å². The number of amides is 3. The molecule has 0 spiro atoms. The van der Waals surface area contributed by atoms with E-state index in [0.29, 0.717) is 13.1 Å². The second-order valence-electron chi connectivity index (χ2n) is 5.35. The summed E-state index contributed by atoms with van der Waals surface area (Å²) in [4.78, 5) is 25.0. The van der Waals surface area contributed by atoms with Gasteiger partial charge in [-0.05, 0) is 19.2 Å². The van der Waals surface area contributed by atoms with Gasteiger partial charge >= 0.3 is 6.03 Å². The molecular formula is C17H21N5O2. The number of rotatable bonds is 7. The molecule has 3 amide bonds. The van der Waals surface area contributed by atoms with Crippen LogP contribution in [0.5, 0.6) is 0 Å². The summed E-state index contributed by atoms with van der Waals surface area (Å²) >= 11 is 0. The molecule has 2 aromatic rings. The number of hydrogen-bond donors (Lipinski definition) is 2. The fraction of sp³-hybridized carbons (Fsp3) is 0.235. The summed E-state index contributed by atoms with van der Waals surface area (Å²) in [5.41, 5.74) is 1.95. The second-order valence-corrected chi connectivity index (χ2v) is 5.35. The van der Waals surface area contributed by atoms with Crippen LogP contribution in [0.3, 0.4) is 0 Å². The largest absolute Gasteiger partial charge is 0.334 e. The summed E-state index contributed by atoms with van der Waals surface area (Å²) in [6.07, 6.45) is 5.22. The Morgan fingerprint density at radius 2 is 2.08 bits per heavy atom. The summed E-state index contributed by atoms with van der Waals surface area (Å²) in [7, 11) is 1.81. The Bertz CT molecular complexity index is 696. The molecule has 0 aliphatic rings. The Labute approximate surface area is 141 Å². The first-order valence-corrected chi connectivity index (χ1v) is 7.54. The summed E-state index contributed by atoms with van der Waals surface area (Å²) in [5.74, 6) is -0.366. The van der Waals surface area contributed by atoms with Crippen LogP contribution in [0.4, 0.5) is 4.79 Å². The van der Waals surface area contributed by atoms with Crippen LogP contribution in [-0.2, 0) is 11.3 Å². The van der Waals surface area contributed by atoms with Gasteiger partial charge in [-0.15, -0.1) is 6.58 Å². The van der Waals surface area contributed by atoms with Crippen molar-refractivity contribution in [1.29, 1.82) is 0 Å². The molecule has 0 bridgehead atoms. The number of benzene rings is 1. The SMILES string of the molecule is C=CCNC(=O)NC(=O)CN(C)Cc1cnn(-c2ccccc2)c1. The molecule has 2 N–H and O–H groups in total. The van der Waals surface area contributed by atoms with Gasteiger partial charge < -0.3 is 5.32 Å². The molecule has 0 atom stereocenters. The number of carbonyl (C=O) groups excluding carboxylic acids is 2. The van der Waals surface area contributed by atoms with E-state index in [0.717, 1.165) is 11.3 Å². The minimum absolute atomic E-state index is 0.109. The molecule has 1 aromatic heterocycles. The zero-order chi connectivity index (χ0) is 17.4. The summed E-state index contributed by atoms with van der Waals surface area (Å²) in [6, 6.07) is 9.26.